The smallest absolute Gasteiger partial charge is 0.225 e. The average molecular weight is 360 g/mol. The molecule has 1 aromatic rings. The van der Waals surface area contributed by atoms with Crippen LogP contribution in [0.4, 0.5) is 0 Å². The molecule has 0 aromatic heterocycles. The van der Waals surface area contributed by atoms with Crippen molar-refractivity contribution in [2.45, 2.75) is 32.2 Å². The van der Waals surface area contributed by atoms with Crippen LogP contribution >= 0.6 is 0 Å². The van der Waals surface area contributed by atoms with Crippen molar-refractivity contribution in [3.05, 3.63) is 29.8 Å². The van der Waals surface area contributed by atoms with E-state index < -0.39 is 0 Å². The molecule has 2 aliphatic heterocycles. The van der Waals surface area contributed by atoms with Gasteiger partial charge < -0.3 is 19.7 Å². The van der Waals surface area contributed by atoms with Gasteiger partial charge in [-0.1, -0.05) is 12.1 Å². The molecule has 2 aliphatic rings. The molecule has 0 unspecified atom stereocenters. The fourth-order valence-electron chi connectivity index (χ4n) is 3.64. The van der Waals surface area contributed by atoms with Crippen LogP contribution in [0.15, 0.2) is 24.3 Å². The number of hydrogen-bond acceptors (Lipinski definition) is 4. The lowest BCUT2D eigenvalue weighted by atomic mass is 9.93. The van der Waals surface area contributed by atoms with E-state index in [0.717, 1.165) is 37.0 Å². The number of nitrogens with one attached hydrogen (secondary N) is 1. The van der Waals surface area contributed by atoms with E-state index in [9.17, 15) is 9.59 Å². The van der Waals surface area contributed by atoms with Crippen molar-refractivity contribution in [1.29, 1.82) is 0 Å². The molecule has 0 saturated carbocycles. The molecule has 2 saturated heterocycles. The largest absolute Gasteiger partial charge is 0.497 e. The van der Waals surface area contributed by atoms with Gasteiger partial charge in [-0.15, -0.1) is 0 Å². The Labute approximate surface area is 154 Å². The second-order valence-corrected chi connectivity index (χ2v) is 7.05. The predicted octanol–water partition coefficient (Wildman–Crippen LogP) is 1.98. The summed E-state index contributed by atoms with van der Waals surface area (Å²) in [4.78, 5) is 26.9. The van der Waals surface area contributed by atoms with Crippen molar-refractivity contribution in [3.63, 3.8) is 0 Å². The first-order valence-electron chi connectivity index (χ1n) is 9.44. The number of hydrogen-bond donors (Lipinski definition) is 1. The summed E-state index contributed by atoms with van der Waals surface area (Å²) >= 11 is 0. The van der Waals surface area contributed by atoms with Crippen molar-refractivity contribution in [2.75, 3.05) is 33.4 Å². The van der Waals surface area contributed by atoms with Gasteiger partial charge in [-0.05, 0) is 43.4 Å². The number of benzene rings is 1. The summed E-state index contributed by atoms with van der Waals surface area (Å²) in [6, 6.07) is 7.69. The molecule has 0 aliphatic carbocycles. The quantitative estimate of drug-likeness (QED) is 0.872. The van der Waals surface area contributed by atoms with E-state index >= 15 is 0 Å². The SMILES string of the molecule is COc1ccc(CNC(=O)C2CCN(C(=O)C3CCOCC3)CC2)cc1. The maximum Gasteiger partial charge on any atom is 0.225 e. The molecular formula is C20H28N2O4. The summed E-state index contributed by atoms with van der Waals surface area (Å²) in [6.45, 7) is 3.24. The average Bonchev–Trinajstić information content (AvgIpc) is 2.72. The van der Waals surface area contributed by atoms with E-state index in [2.05, 4.69) is 5.32 Å². The summed E-state index contributed by atoms with van der Waals surface area (Å²) in [5.41, 5.74) is 1.05. The van der Waals surface area contributed by atoms with E-state index in [0.29, 0.717) is 32.8 Å². The van der Waals surface area contributed by atoms with Crippen LogP contribution in [0, 0.1) is 11.8 Å². The van der Waals surface area contributed by atoms with Crippen LogP contribution in [0.3, 0.4) is 0 Å². The van der Waals surface area contributed by atoms with Crippen molar-refractivity contribution in [3.8, 4) is 5.75 Å². The van der Waals surface area contributed by atoms with E-state index in [4.69, 9.17) is 9.47 Å². The molecule has 142 valence electrons. The summed E-state index contributed by atoms with van der Waals surface area (Å²) in [6.07, 6.45) is 3.12. The van der Waals surface area contributed by atoms with E-state index in [1.807, 2.05) is 29.2 Å². The van der Waals surface area contributed by atoms with Crippen LogP contribution in [0.2, 0.25) is 0 Å². The van der Waals surface area contributed by atoms with Crippen molar-refractivity contribution in [1.82, 2.24) is 10.2 Å². The third-order valence-corrected chi connectivity index (χ3v) is 5.37. The number of amides is 2. The minimum absolute atomic E-state index is 0.00742. The van der Waals surface area contributed by atoms with Crippen molar-refractivity contribution in [2.24, 2.45) is 11.8 Å². The minimum atomic E-state index is -0.00742. The summed E-state index contributed by atoms with van der Waals surface area (Å²) < 4.78 is 10.5. The van der Waals surface area contributed by atoms with Gasteiger partial charge in [0, 0.05) is 44.7 Å². The molecule has 2 fully saturated rings. The van der Waals surface area contributed by atoms with Gasteiger partial charge in [0.1, 0.15) is 5.75 Å². The van der Waals surface area contributed by atoms with Gasteiger partial charge in [0.15, 0.2) is 0 Å². The van der Waals surface area contributed by atoms with Crippen LogP contribution in [0.5, 0.6) is 5.75 Å². The lowest BCUT2D eigenvalue weighted by Gasteiger charge is -2.34. The topological polar surface area (TPSA) is 67.9 Å². The van der Waals surface area contributed by atoms with E-state index in [1.54, 1.807) is 7.11 Å². The first-order valence-corrected chi connectivity index (χ1v) is 9.44. The Morgan fingerprint density at radius 2 is 1.73 bits per heavy atom. The maximum absolute atomic E-state index is 12.6. The van der Waals surface area contributed by atoms with Crippen molar-refractivity contribution >= 4 is 11.8 Å². The van der Waals surface area contributed by atoms with E-state index in [1.165, 1.54) is 0 Å². The molecule has 2 amide bonds. The highest BCUT2D eigenvalue weighted by Crippen LogP contribution is 2.23. The monoisotopic (exact) mass is 360 g/mol. The molecule has 6 heteroatoms. The molecule has 3 rings (SSSR count). The number of methoxy groups -OCH3 is 1. The van der Waals surface area contributed by atoms with E-state index in [-0.39, 0.29) is 23.7 Å². The van der Waals surface area contributed by atoms with Gasteiger partial charge >= 0.3 is 0 Å². The van der Waals surface area contributed by atoms with Crippen LogP contribution in [0.25, 0.3) is 0 Å². The fourth-order valence-corrected chi connectivity index (χ4v) is 3.64. The molecule has 6 nitrogen and oxygen atoms in total. The van der Waals surface area contributed by atoms with Crippen LogP contribution in [-0.4, -0.2) is 50.1 Å². The second kappa shape index (κ2) is 9.03. The lowest BCUT2D eigenvalue weighted by molar-refractivity contribution is -0.141. The third kappa shape index (κ3) is 4.75. The number of rotatable bonds is 5. The number of piperidine rings is 1. The Morgan fingerprint density at radius 1 is 1.08 bits per heavy atom. The minimum Gasteiger partial charge on any atom is -0.497 e. The molecular weight excluding hydrogens is 332 g/mol. The summed E-state index contributed by atoms with van der Waals surface area (Å²) in [5.74, 6) is 1.22. The molecule has 26 heavy (non-hydrogen) atoms. The zero-order valence-corrected chi connectivity index (χ0v) is 15.4. The Bertz CT molecular complexity index is 603. The molecule has 1 N–H and O–H groups in total. The normalized spacial score (nSPS) is 19.2. The molecule has 0 atom stereocenters. The molecule has 2 heterocycles. The van der Waals surface area contributed by atoms with Crippen LogP contribution in [-0.2, 0) is 20.9 Å². The van der Waals surface area contributed by atoms with Crippen LogP contribution in [0.1, 0.15) is 31.2 Å². The number of ether oxygens (including phenoxy) is 2. The molecule has 0 radical (unpaired) electrons. The molecule has 1 aromatic carbocycles. The highest BCUT2D eigenvalue weighted by Gasteiger charge is 2.31. The summed E-state index contributed by atoms with van der Waals surface area (Å²) in [7, 11) is 1.63. The first kappa shape index (κ1) is 18.7. The number of nitrogens with zero attached hydrogens (tertiary/aromatic N) is 1. The Balaban J connectivity index is 1.42. The number of carbonyl (C=O) groups excluding carboxylic acids is 2. The Hall–Kier alpha value is -2.08. The fraction of sp³-hybridized carbons (Fsp3) is 0.600. The Kier molecular flexibility index (Phi) is 6.50. The van der Waals surface area contributed by atoms with Gasteiger partial charge in [-0.2, -0.15) is 0 Å². The molecule has 0 spiro atoms. The Morgan fingerprint density at radius 3 is 2.35 bits per heavy atom. The zero-order valence-electron chi connectivity index (χ0n) is 15.4. The maximum atomic E-state index is 12.6. The van der Waals surface area contributed by atoms with Gasteiger partial charge in [-0.25, -0.2) is 0 Å². The zero-order chi connectivity index (χ0) is 18.4. The third-order valence-electron chi connectivity index (χ3n) is 5.37. The number of likely N-dealkylation sites (tertiary alicyclic amines) is 1. The standard InChI is InChI=1S/C20H28N2O4/c1-25-18-4-2-15(3-5-18)14-21-19(23)16-6-10-22(11-7-16)20(24)17-8-12-26-13-9-17/h2-5,16-17H,6-14H2,1H3,(H,21,23). The predicted molar refractivity (Wildman–Crippen MR) is 97.7 cm³/mol. The highest BCUT2D eigenvalue weighted by molar-refractivity contribution is 5.81. The van der Waals surface area contributed by atoms with Crippen molar-refractivity contribution < 1.29 is 19.1 Å². The van der Waals surface area contributed by atoms with Gasteiger partial charge in [0.2, 0.25) is 11.8 Å². The van der Waals surface area contributed by atoms with Gasteiger partial charge in [-0.3, -0.25) is 9.59 Å². The summed E-state index contributed by atoms with van der Waals surface area (Å²) in [5, 5.41) is 3.01. The first-order chi connectivity index (χ1) is 12.7. The molecule has 0 bridgehead atoms. The second-order valence-electron chi connectivity index (χ2n) is 7.05. The van der Waals surface area contributed by atoms with Gasteiger partial charge in [0.05, 0.1) is 7.11 Å². The van der Waals surface area contributed by atoms with Gasteiger partial charge in [0.25, 0.3) is 0 Å². The van der Waals surface area contributed by atoms with Crippen LogP contribution < -0.4 is 10.1 Å². The lowest BCUT2D eigenvalue weighted by Crippen LogP contribution is -2.45. The number of carbonyl (C=O) groups is 2. The highest BCUT2D eigenvalue weighted by atomic mass is 16.5.